The van der Waals surface area contributed by atoms with Gasteiger partial charge in [0.1, 0.15) is 0 Å². The Morgan fingerprint density at radius 2 is 2.18 bits per heavy atom. The van der Waals surface area contributed by atoms with Crippen LogP contribution < -0.4 is 5.32 Å². The second-order valence-corrected chi connectivity index (χ2v) is 6.08. The van der Waals surface area contributed by atoms with Crippen LogP contribution in [0.5, 0.6) is 0 Å². The molecule has 94 valence electrons. The molecule has 3 rings (SSSR count). The van der Waals surface area contributed by atoms with Gasteiger partial charge in [-0.05, 0) is 12.8 Å². The number of hydrogen-bond acceptors (Lipinski definition) is 4. The summed E-state index contributed by atoms with van der Waals surface area (Å²) in [5, 5.41) is 7.02. The van der Waals surface area contributed by atoms with Gasteiger partial charge in [-0.3, -0.25) is 0 Å². The van der Waals surface area contributed by atoms with Gasteiger partial charge in [0.15, 0.2) is 0 Å². The molecule has 1 aliphatic heterocycles. The maximum absolute atomic E-state index is 4.79. The SMILES string of the molecule is c1sc(CCN2CCNCC2)nc1C1CCC1. The van der Waals surface area contributed by atoms with E-state index in [1.54, 1.807) is 0 Å². The van der Waals surface area contributed by atoms with Crippen LogP contribution in [0.3, 0.4) is 0 Å². The Morgan fingerprint density at radius 3 is 2.88 bits per heavy atom. The fourth-order valence-electron chi connectivity index (χ4n) is 2.52. The molecule has 0 radical (unpaired) electrons. The molecule has 0 unspecified atom stereocenters. The molecule has 1 N–H and O–H groups in total. The van der Waals surface area contributed by atoms with Crippen LogP contribution in [0.4, 0.5) is 0 Å². The van der Waals surface area contributed by atoms with Gasteiger partial charge < -0.3 is 10.2 Å². The minimum absolute atomic E-state index is 0.791. The summed E-state index contributed by atoms with van der Waals surface area (Å²) >= 11 is 1.86. The Labute approximate surface area is 107 Å². The molecular formula is C13H21N3S. The summed E-state index contributed by atoms with van der Waals surface area (Å²) in [4.78, 5) is 7.34. The second-order valence-electron chi connectivity index (χ2n) is 5.14. The van der Waals surface area contributed by atoms with Crippen LogP contribution in [0.2, 0.25) is 0 Å². The Morgan fingerprint density at radius 1 is 1.35 bits per heavy atom. The van der Waals surface area contributed by atoms with E-state index in [0.717, 1.165) is 25.4 Å². The lowest BCUT2D eigenvalue weighted by Crippen LogP contribution is -2.44. The molecule has 0 atom stereocenters. The molecule has 1 aromatic rings. The van der Waals surface area contributed by atoms with E-state index in [1.165, 1.54) is 49.6 Å². The topological polar surface area (TPSA) is 28.2 Å². The van der Waals surface area contributed by atoms with Crippen LogP contribution in [-0.2, 0) is 6.42 Å². The third-order valence-electron chi connectivity index (χ3n) is 3.94. The van der Waals surface area contributed by atoms with E-state index >= 15 is 0 Å². The van der Waals surface area contributed by atoms with Gasteiger partial charge in [0.2, 0.25) is 0 Å². The van der Waals surface area contributed by atoms with Crippen LogP contribution in [0.25, 0.3) is 0 Å². The number of piperazine rings is 1. The molecule has 1 aromatic heterocycles. The Hall–Kier alpha value is -0.450. The van der Waals surface area contributed by atoms with Crippen LogP contribution in [-0.4, -0.2) is 42.6 Å². The number of aromatic nitrogens is 1. The number of nitrogens with one attached hydrogen (secondary N) is 1. The van der Waals surface area contributed by atoms with Crippen molar-refractivity contribution in [2.45, 2.75) is 31.6 Å². The summed E-state index contributed by atoms with van der Waals surface area (Å²) in [5.74, 6) is 0.791. The average Bonchev–Trinajstić information content (AvgIpc) is 2.74. The van der Waals surface area contributed by atoms with Crippen molar-refractivity contribution in [1.82, 2.24) is 15.2 Å². The van der Waals surface area contributed by atoms with Gasteiger partial charge in [0.25, 0.3) is 0 Å². The lowest BCUT2D eigenvalue weighted by Gasteiger charge is -2.26. The first kappa shape index (κ1) is 11.6. The van der Waals surface area contributed by atoms with Crippen molar-refractivity contribution in [2.24, 2.45) is 0 Å². The summed E-state index contributed by atoms with van der Waals surface area (Å²) in [6.07, 6.45) is 5.26. The number of thiazole rings is 1. The van der Waals surface area contributed by atoms with Crippen molar-refractivity contribution in [2.75, 3.05) is 32.7 Å². The number of hydrogen-bond donors (Lipinski definition) is 1. The maximum atomic E-state index is 4.79. The first-order chi connectivity index (χ1) is 8.42. The summed E-state index contributed by atoms with van der Waals surface area (Å²) in [6, 6.07) is 0. The molecule has 1 saturated carbocycles. The number of rotatable bonds is 4. The first-order valence-electron chi connectivity index (χ1n) is 6.79. The Bertz CT molecular complexity index is 353. The van der Waals surface area contributed by atoms with E-state index in [1.807, 2.05) is 11.3 Å². The smallest absolute Gasteiger partial charge is 0.0941 e. The average molecular weight is 251 g/mol. The molecule has 4 heteroatoms. The summed E-state index contributed by atoms with van der Waals surface area (Å²) in [5.41, 5.74) is 1.37. The van der Waals surface area contributed by atoms with Crippen LogP contribution in [0, 0.1) is 0 Å². The standard InChI is InChI=1S/C13H21N3S/c1-2-11(3-1)12-10-17-13(15-12)4-7-16-8-5-14-6-9-16/h10-11,14H,1-9H2. The van der Waals surface area contributed by atoms with Gasteiger partial charge in [-0.2, -0.15) is 0 Å². The van der Waals surface area contributed by atoms with E-state index in [0.29, 0.717) is 0 Å². The molecule has 0 spiro atoms. The molecule has 1 aliphatic carbocycles. The molecule has 1 saturated heterocycles. The lowest BCUT2D eigenvalue weighted by atomic mass is 9.83. The molecular weight excluding hydrogens is 230 g/mol. The molecule has 2 heterocycles. The molecule has 17 heavy (non-hydrogen) atoms. The van der Waals surface area contributed by atoms with E-state index in [4.69, 9.17) is 4.98 Å². The van der Waals surface area contributed by atoms with Crippen LogP contribution >= 0.6 is 11.3 Å². The van der Waals surface area contributed by atoms with Crippen molar-refractivity contribution in [1.29, 1.82) is 0 Å². The van der Waals surface area contributed by atoms with Gasteiger partial charge in [0.05, 0.1) is 10.7 Å². The minimum atomic E-state index is 0.791. The van der Waals surface area contributed by atoms with E-state index < -0.39 is 0 Å². The molecule has 2 aliphatic rings. The normalized spacial score (nSPS) is 22.6. The third-order valence-corrected chi connectivity index (χ3v) is 4.87. The molecule has 0 amide bonds. The van der Waals surface area contributed by atoms with Crippen molar-refractivity contribution in [3.63, 3.8) is 0 Å². The van der Waals surface area contributed by atoms with Gasteiger partial charge >= 0.3 is 0 Å². The molecule has 0 bridgehead atoms. The highest BCUT2D eigenvalue weighted by atomic mass is 32.1. The van der Waals surface area contributed by atoms with Crippen molar-refractivity contribution >= 4 is 11.3 Å². The zero-order valence-electron chi connectivity index (χ0n) is 10.3. The zero-order chi connectivity index (χ0) is 11.5. The maximum Gasteiger partial charge on any atom is 0.0941 e. The molecule has 3 nitrogen and oxygen atoms in total. The predicted octanol–water partition coefficient (Wildman–Crippen LogP) is 1.86. The van der Waals surface area contributed by atoms with Crippen molar-refractivity contribution < 1.29 is 0 Å². The van der Waals surface area contributed by atoms with Crippen molar-refractivity contribution in [3.8, 4) is 0 Å². The predicted molar refractivity (Wildman–Crippen MR) is 71.7 cm³/mol. The van der Waals surface area contributed by atoms with E-state index in [9.17, 15) is 0 Å². The van der Waals surface area contributed by atoms with Gasteiger partial charge in [-0.1, -0.05) is 6.42 Å². The van der Waals surface area contributed by atoms with Gasteiger partial charge in [-0.15, -0.1) is 11.3 Å². The Kier molecular flexibility index (Phi) is 3.74. The highest BCUT2D eigenvalue weighted by Crippen LogP contribution is 2.36. The van der Waals surface area contributed by atoms with Crippen LogP contribution in [0.1, 0.15) is 35.9 Å². The van der Waals surface area contributed by atoms with Crippen LogP contribution in [0.15, 0.2) is 5.38 Å². The summed E-state index contributed by atoms with van der Waals surface area (Å²) < 4.78 is 0. The fraction of sp³-hybridized carbons (Fsp3) is 0.769. The largest absolute Gasteiger partial charge is 0.314 e. The first-order valence-corrected chi connectivity index (χ1v) is 7.67. The second kappa shape index (κ2) is 5.46. The fourth-order valence-corrected chi connectivity index (χ4v) is 3.39. The third kappa shape index (κ3) is 2.87. The van der Waals surface area contributed by atoms with Gasteiger partial charge in [-0.25, -0.2) is 4.98 Å². The monoisotopic (exact) mass is 251 g/mol. The quantitative estimate of drug-likeness (QED) is 0.885. The minimum Gasteiger partial charge on any atom is -0.314 e. The number of nitrogens with zero attached hydrogens (tertiary/aromatic N) is 2. The highest BCUT2D eigenvalue weighted by Gasteiger charge is 2.22. The lowest BCUT2D eigenvalue weighted by molar-refractivity contribution is 0.243. The van der Waals surface area contributed by atoms with Gasteiger partial charge in [0, 0.05) is 50.4 Å². The summed E-state index contributed by atoms with van der Waals surface area (Å²) in [6.45, 7) is 5.86. The van der Waals surface area contributed by atoms with E-state index in [2.05, 4.69) is 15.6 Å². The summed E-state index contributed by atoms with van der Waals surface area (Å²) in [7, 11) is 0. The zero-order valence-corrected chi connectivity index (χ0v) is 11.1. The molecule has 2 fully saturated rings. The van der Waals surface area contributed by atoms with E-state index in [-0.39, 0.29) is 0 Å². The highest BCUT2D eigenvalue weighted by molar-refractivity contribution is 7.09. The molecule has 0 aromatic carbocycles. The van der Waals surface area contributed by atoms with Crippen molar-refractivity contribution in [3.05, 3.63) is 16.1 Å². The Balaban J connectivity index is 1.48.